The highest BCUT2D eigenvalue weighted by Gasteiger charge is 1.89. The fourth-order valence-electron chi connectivity index (χ4n) is 0.673. The minimum Gasteiger partial charge on any atom is -0.392 e. The van der Waals surface area contributed by atoms with Gasteiger partial charge in [0.15, 0.2) is 0 Å². The van der Waals surface area contributed by atoms with Gasteiger partial charge in [0.05, 0.1) is 6.61 Å². The molecule has 0 bridgehead atoms. The maximum absolute atomic E-state index is 8.66. The lowest BCUT2D eigenvalue weighted by Gasteiger charge is -1.96. The van der Waals surface area contributed by atoms with E-state index in [0.29, 0.717) is 0 Å². The Balaban J connectivity index is 2.80. The Kier molecular flexibility index (Phi) is 2.74. The number of aliphatic hydroxyl groups excluding tert-OH is 1. The fraction of sp³-hybridized carbons (Fsp3) is 0.143. The van der Waals surface area contributed by atoms with Crippen LogP contribution in [0.2, 0.25) is 0 Å². The van der Waals surface area contributed by atoms with Crippen molar-refractivity contribution in [2.24, 2.45) is 5.14 Å². The van der Waals surface area contributed by atoms with Crippen molar-refractivity contribution in [2.75, 3.05) is 0 Å². The molecule has 0 saturated heterocycles. The summed E-state index contributed by atoms with van der Waals surface area (Å²) in [5, 5.41) is 14.0. The number of benzene rings is 1. The van der Waals surface area contributed by atoms with E-state index < -0.39 is 0 Å². The van der Waals surface area contributed by atoms with Gasteiger partial charge in [-0.25, -0.2) is 0 Å². The molecule has 0 unspecified atom stereocenters. The fourth-order valence-corrected chi connectivity index (χ4v) is 0.967. The van der Waals surface area contributed by atoms with Gasteiger partial charge in [0.25, 0.3) is 0 Å². The van der Waals surface area contributed by atoms with Gasteiger partial charge in [-0.05, 0) is 29.6 Å². The van der Waals surface area contributed by atoms with Crippen molar-refractivity contribution >= 4 is 11.9 Å². The highest BCUT2D eigenvalue weighted by Crippen LogP contribution is 2.11. The van der Waals surface area contributed by atoms with Crippen molar-refractivity contribution in [3.8, 4) is 0 Å². The monoisotopic (exact) mass is 155 g/mol. The van der Waals surface area contributed by atoms with Crippen LogP contribution in [-0.4, -0.2) is 5.11 Å². The van der Waals surface area contributed by atoms with Gasteiger partial charge in [-0.1, -0.05) is 12.1 Å². The summed E-state index contributed by atoms with van der Waals surface area (Å²) in [6.45, 7) is 0.0928. The molecule has 10 heavy (non-hydrogen) atoms. The lowest BCUT2D eigenvalue weighted by Crippen LogP contribution is -1.83. The van der Waals surface area contributed by atoms with Gasteiger partial charge < -0.3 is 5.11 Å². The lowest BCUT2D eigenvalue weighted by atomic mass is 10.2. The van der Waals surface area contributed by atoms with E-state index in [1.165, 1.54) is 11.9 Å². The van der Waals surface area contributed by atoms with Crippen molar-refractivity contribution in [2.45, 2.75) is 11.5 Å². The zero-order chi connectivity index (χ0) is 7.40. The third-order valence-corrected chi connectivity index (χ3v) is 1.79. The number of nitrogens with two attached hydrogens (primary N) is 1. The first kappa shape index (κ1) is 7.60. The SMILES string of the molecule is NSc1ccc(CO)cc1. The summed E-state index contributed by atoms with van der Waals surface area (Å²) >= 11 is 1.21. The summed E-state index contributed by atoms with van der Waals surface area (Å²) in [6.07, 6.45) is 0. The van der Waals surface area contributed by atoms with Crippen LogP contribution in [0.3, 0.4) is 0 Å². The molecule has 0 atom stereocenters. The van der Waals surface area contributed by atoms with Crippen LogP contribution in [0.25, 0.3) is 0 Å². The summed E-state index contributed by atoms with van der Waals surface area (Å²) in [7, 11) is 0. The topological polar surface area (TPSA) is 46.2 Å². The predicted octanol–water partition coefficient (Wildman–Crippen LogP) is 1.14. The van der Waals surface area contributed by atoms with E-state index >= 15 is 0 Å². The lowest BCUT2D eigenvalue weighted by molar-refractivity contribution is 0.282. The first-order chi connectivity index (χ1) is 4.86. The van der Waals surface area contributed by atoms with Gasteiger partial charge in [0.1, 0.15) is 0 Å². The van der Waals surface area contributed by atoms with E-state index in [0.717, 1.165) is 10.5 Å². The molecule has 0 aliphatic rings. The summed E-state index contributed by atoms with van der Waals surface area (Å²) in [4.78, 5) is 1.01. The van der Waals surface area contributed by atoms with Crippen LogP contribution >= 0.6 is 11.9 Å². The Morgan fingerprint density at radius 3 is 2.30 bits per heavy atom. The first-order valence-corrected chi connectivity index (χ1v) is 3.81. The standard InChI is InChI=1S/C7H9NOS/c8-10-7-3-1-6(5-9)2-4-7/h1-4,9H,5,8H2. The Morgan fingerprint density at radius 1 is 1.30 bits per heavy atom. The van der Waals surface area contributed by atoms with Crippen molar-refractivity contribution in [3.05, 3.63) is 29.8 Å². The predicted molar refractivity (Wildman–Crippen MR) is 42.4 cm³/mol. The molecule has 2 nitrogen and oxygen atoms in total. The number of rotatable bonds is 2. The van der Waals surface area contributed by atoms with Gasteiger partial charge in [0, 0.05) is 4.90 Å². The largest absolute Gasteiger partial charge is 0.392 e. The second-order valence-corrected chi connectivity index (χ2v) is 2.63. The molecule has 0 aliphatic carbocycles. The van der Waals surface area contributed by atoms with Crippen molar-refractivity contribution in [3.63, 3.8) is 0 Å². The number of hydrogen-bond acceptors (Lipinski definition) is 3. The second-order valence-electron chi connectivity index (χ2n) is 1.92. The van der Waals surface area contributed by atoms with Crippen molar-refractivity contribution < 1.29 is 5.11 Å². The molecule has 1 aromatic carbocycles. The normalized spacial score (nSPS) is 9.80. The second kappa shape index (κ2) is 3.61. The molecule has 0 saturated carbocycles. The summed E-state index contributed by atoms with van der Waals surface area (Å²) in [5.74, 6) is 0. The molecule has 0 amide bonds. The van der Waals surface area contributed by atoms with Gasteiger partial charge in [-0.3, -0.25) is 5.14 Å². The van der Waals surface area contributed by atoms with Crippen LogP contribution in [0.1, 0.15) is 5.56 Å². The van der Waals surface area contributed by atoms with Crippen LogP contribution in [0.4, 0.5) is 0 Å². The maximum Gasteiger partial charge on any atom is 0.0681 e. The zero-order valence-electron chi connectivity index (χ0n) is 5.45. The van der Waals surface area contributed by atoms with E-state index in [9.17, 15) is 0 Å². The molecular weight excluding hydrogens is 146 g/mol. The molecule has 0 fully saturated rings. The molecule has 0 radical (unpaired) electrons. The van der Waals surface area contributed by atoms with Crippen LogP contribution in [-0.2, 0) is 6.61 Å². The van der Waals surface area contributed by atoms with Gasteiger partial charge in [0.2, 0.25) is 0 Å². The summed E-state index contributed by atoms with van der Waals surface area (Å²) < 4.78 is 0. The minimum atomic E-state index is 0.0928. The Labute approximate surface area is 64.2 Å². The average molecular weight is 155 g/mol. The van der Waals surface area contributed by atoms with E-state index in [1.807, 2.05) is 24.3 Å². The minimum absolute atomic E-state index is 0.0928. The van der Waals surface area contributed by atoms with E-state index in [-0.39, 0.29) is 6.61 Å². The molecule has 1 aromatic rings. The molecular formula is C7H9NOS. The number of aliphatic hydroxyl groups is 1. The third kappa shape index (κ3) is 1.73. The Morgan fingerprint density at radius 2 is 1.90 bits per heavy atom. The molecule has 0 aromatic heterocycles. The molecule has 0 spiro atoms. The Hall–Kier alpha value is -0.510. The molecule has 3 heteroatoms. The Bertz CT molecular complexity index is 174. The highest BCUT2D eigenvalue weighted by molar-refractivity contribution is 7.97. The highest BCUT2D eigenvalue weighted by atomic mass is 32.2. The quantitative estimate of drug-likeness (QED) is 0.630. The van der Waals surface area contributed by atoms with E-state index in [1.54, 1.807) is 0 Å². The smallest absolute Gasteiger partial charge is 0.0681 e. The van der Waals surface area contributed by atoms with Crippen LogP contribution < -0.4 is 5.14 Å². The van der Waals surface area contributed by atoms with Gasteiger partial charge >= 0.3 is 0 Å². The van der Waals surface area contributed by atoms with Gasteiger partial charge in [-0.2, -0.15) is 0 Å². The van der Waals surface area contributed by atoms with E-state index in [4.69, 9.17) is 10.2 Å². The van der Waals surface area contributed by atoms with Crippen LogP contribution in [0.5, 0.6) is 0 Å². The zero-order valence-corrected chi connectivity index (χ0v) is 6.27. The first-order valence-electron chi connectivity index (χ1n) is 2.93. The molecule has 0 aliphatic heterocycles. The molecule has 1 rings (SSSR count). The van der Waals surface area contributed by atoms with Crippen LogP contribution in [0.15, 0.2) is 29.2 Å². The summed E-state index contributed by atoms with van der Waals surface area (Å²) in [5.41, 5.74) is 0.915. The van der Waals surface area contributed by atoms with Crippen molar-refractivity contribution in [1.29, 1.82) is 0 Å². The van der Waals surface area contributed by atoms with E-state index in [2.05, 4.69) is 0 Å². The van der Waals surface area contributed by atoms with Crippen molar-refractivity contribution in [1.82, 2.24) is 0 Å². The summed E-state index contributed by atoms with van der Waals surface area (Å²) in [6, 6.07) is 7.48. The number of hydrogen-bond donors (Lipinski definition) is 2. The van der Waals surface area contributed by atoms with Gasteiger partial charge in [-0.15, -0.1) is 0 Å². The molecule has 0 heterocycles. The average Bonchev–Trinajstić information content (AvgIpc) is 2.05. The molecule has 3 N–H and O–H groups in total. The van der Waals surface area contributed by atoms with Crippen LogP contribution in [0, 0.1) is 0 Å². The third-order valence-electron chi connectivity index (χ3n) is 1.24. The molecule has 54 valence electrons. The maximum atomic E-state index is 8.66.